The van der Waals surface area contributed by atoms with E-state index in [4.69, 9.17) is 11.6 Å². The molecule has 2 heterocycles. The number of hydrogen-bond donors (Lipinski definition) is 2. The molecule has 176 valence electrons. The Balaban J connectivity index is 1.47. The monoisotopic (exact) mass is 498 g/mol. The van der Waals surface area contributed by atoms with Gasteiger partial charge in [-0.25, -0.2) is 8.42 Å². The molecule has 1 aliphatic rings. The Labute approximate surface area is 203 Å². The number of anilines is 2. The normalized spacial score (nSPS) is 16.6. The van der Waals surface area contributed by atoms with Crippen LogP contribution in [-0.2, 0) is 14.8 Å². The number of sulfonamides is 1. The second-order valence-corrected chi connectivity index (χ2v) is 10.3. The number of nitrogens with zero attached hydrogens (tertiary/aromatic N) is 2. The molecular weight excluding hydrogens is 476 g/mol. The molecule has 34 heavy (non-hydrogen) atoms. The summed E-state index contributed by atoms with van der Waals surface area (Å²) in [6.07, 6.45) is 4.23. The van der Waals surface area contributed by atoms with E-state index in [1.807, 2.05) is 0 Å². The van der Waals surface area contributed by atoms with Crippen molar-refractivity contribution in [1.29, 1.82) is 0 Å². The highest BCUT2D eigenvalue weighted by atomic mass is 35.5. The number of hydrogen-bond acceptors (Lipinski definition) is 5. The van der Waals surface area contributed by atoms with Crippen LogP contribution < -0.4 is 10.6 Å². The second-order valence-electron chi connectivity index (χ2n) is 7.88. The highest BCUT2D eigenvalue weighted by Gasteiger charge is 2.33. The number of benzene rings is 2. The first-order chi connectivity index (χ1) is 16.3. The molecule has 4 rings (SSSR count). The van der Waals surface area contributed by atoms with Crippen molar-refractivity contribution in [3.63, 3.8) is 0 Å². The van der Waals surface area contributed by atoms with E-state index in [1.165, 1.54) is 28.6 Å². The molecule has 2 amide bonds. The minimum Gasteiger partial charge on any atom is -0.325 e. The first kappa shape index (κ1) is 23.9. The number of carbonyl (C=O) groups excluding carboxylic acids is 2. The number of carbonyl (C=O) groups is 2. The summed E-state index contributed by atoms with van der Waals surface area (Å²) in [5, 5.41) is 6.03. The summed E-state index contributed by atoms with van der Waals surface area (Å²) in [6, 6.07) is 16.0. The third-order valence-electron chi connectivity index (χ3n) is 5.57. The van der Waals surface area contributed by atoms with E-state index in [0.717, 1.165) is 0 Å². The van der Waals surface area contributed by atoms with Gasteiger partial charge in [0, 0.05) is 36.2 Å². The van der Waals surface area contributed by atoms with Crippen LogP contribution in [0.2, 0.25) is 5.02 Å². The highest BCUT2D eigenvalue weighted by molar-refractivity contribution is 7.89. The smallest absolute Gasteiger partial charge is 0.257 e. The Morgan fingerprint density at radius 2 is 1.68 bits per heavy atom. The Hall–Kier alpha value is -3.27. The van der Waals surface area contributed by atoms with E-state index in [-0.39, 0.29) is 23.3 Å². The number of aromatic nitrogens is 1. The first-order valence-corrected chi connectivity index (χ1v) is 12.5. The number of rotatable bonds is 6. The molecule has 1 unspecified atom stereocenters. The summed E-state index contributed by atoms with van der Waals surface area (Å²) in [5.74, 6) is -1.26. The molecule has 1 fully saturated rings. The summed E-state index contributed by atoms with van der Waals surface area (Å²) < 4.78 is 27.4. The molecule has 2 aromatic carbocycles. The molecule has 1 saturated heterocycles. The lowest BCUT2D eigenvalue weighted by Gasteiger charge is -2.31. The minimum absolute atomic E-state index is 0.0577. The molecule has 10 heteroatoms. The molecule has 1 aliphatic heterocycles. The van der Waals surface area contributed by atoms with Crippen LogP contribution in [0.1, 0.15) is 23.2 Å². The van der Waals surface area contributed by atoms with Crippen LogP contribution in [0.3, 0.4) is 0 Å². The van der Waals surface area contributed by atoms with Gasteiger partial charge in [0.2, 0.25) is 15.9 Å². The predicted octanol–water partition coefficient (Wildman–Crippen LogP) is 4.03. The Morgan fingerprint density at radius 1 is 0.971 bits per heavy atom. The van der Waals surface area contributed by atoms with Crippen LogP contribution in [0, 0.1) is 5.92 Å². The molecular formula is C24H23ClN4O4S. The number of amides is 2. The fourth-order valence-corrected chi connectivity index (χ4v) is 5.44. The summed E-state index contributed by atoms with van der Waals surface area (Å²) in [4.78, 5) is 29.9. The van der Waals surface area contributed by atoms with E-state index in [2.05, 4.69) is 15.6 Å². The van der Waals surface area contributed by atoms with Crippen molar-refractivity contribution in [3.8, 4) is 0 Å². The second kappa shape index (κ2) is 10.3. The summed E-state index contributed by atoms with van der Waals surface area (Å²) in [7, 11) is -3.75. The fraction of sp³-hybridized carbons (Fsp3) is 0.208. The molecule has 0 saturated carbocycles. The van der Waals surface area contributed by atoms with E-state index >= 15 is 0 Å². The van der Waals surface area contributed by atoms with Gasteiger partial charge in [-0.2, -0.15) is 4.31 Å². The third kappa shape index (κ3) is 5.44. The van der Waals surface area contributed by atoms with Crippen molar-refractivity contribution in [2.75, 3.05) is 23.7 Å². The number of halogens is 1. The molecule has 1 atom stereocenters. The van der Waals surface area contributed by atoms with E-state index in [9.17, 15) is 18.0 Å². The van der Waals surface area contributed by atoms with Crippen molar-refractivity contribution < 1.29 is 18.0 Å². The largest absolute Gasteiger partial charge is 0.325 e. The summed E-state index contributed by atoms with van der Waals surface area (Å²) >= 11 is 5.88. The Kier molecular flexibility index (Phi) is 7.26. The van der Waals surface area contributed by atoms with Crippen LogP contribution in [-0.4, -0.2) is 42.6 Å². The zero-order chi connectivity index (χ0) is 24.1. The van der Waals surface area contributed by atoms with Crippen molar-refractivity contribution in [1.82, 2.24) is 9.29 Å². The van der Waals surface area contributed by atoms with E-state index in [1.54, 1.807) is 48.8 Å². The standard InChI is InChI=1S/C24H23ClN4O4S/c25-18-7-9-20(10-8-18)34(32,33)29-15-3-4-17(16-29)23(30)28-22-6-2-1-5-21(22)24(31)27-19-11-13-26-14-12-19/h1-2,5-14,17H,3-4,15-16H2,(H,28,30)(H,26,27,31). The number of pyridine rings is 1. The quantitative estimate of drug-likeness (QED) is 0.533. The molecule has 8 nitrogen and oxygen atoms in total. The first-order valence-electron chi connectivity index (χ1n) is 10.7. The lowest BCUT2D eigenvalue weighted by atomic mass is 9.98. The SMILES string of the molecule is O=C(Nc1ccncc1)c1ccccc1NC(=O)C1CCCN(S(=O)(=O)c2ccc(Cl)cc2)C1. The van der Waals surface area contributed by atoms with E-state index in [0.29, 0.717) is 41.3 Å². The minimum atomic E-state index is -3.75. The lowest BCUT2D eigenvalue weighted by Crippen LogP contribution is -2.43. The molecule has 1 aromatic heterocycles. The average Bonchev–Trinajstić information content (AvgIpc) is 2.85. The molecule has 0 aliphatic carbocycles. The summed E-state index contributed by atoms with van der Waals surface area (Å²) in [6.45, 7) is 0.391. The maximum Gasteiger partial charge on any atom is 0.257 e. The zero-order valence-corrected chi connectivity index (χ0v) is 19.7. The topological polar surface area (TPSA) is 108 Å². The van der Waals surface area contributed by atoms with Crippen LogP contribution in [0.25, 0.3) is 0 Å². The maximum atomic E-state index is 13.1. The van der Waals surface area contributed by atoms with Crippen LogP contribution in [0.15, 0.2) is 78.0 Å². The average molecular weight is 499 g/mol. The number of piperidine rings is 1. The molecule has 0 bridgehead atoms. The van der Waals surface area contributed by atoms with Crippen molar-refractivity contribution in [2.24, 2.45) is 5.92 Å². The van der Waals surface area contributed by atoms with Gasteiger partial charge in [-0.1, -0.05) is 23.7 Å². The van der Waals surface area contributed by atoms with Crippen molar-refractivity contribution in [3.05, 3.63) is 83.6 Å². The third-order valence-corrected chi connectivity index (χ3v) is 7.71. The van der Waals surface area contributed by atoms with Crippen LogP contribution in [0.5, 0.6) is 0 Å². The van der Waals surface area contributed by atoms with Gasteiger partial charge < -0.3 is 10.6 Å². The van der Waals surface area contributed by atoms with Gasteiger partial charge in [0.15, 0.2) is 0 Å². The highest BCUT2D eigenvalue weighted by Crippen LogP contribution is 2.26. The fourth-order valence-electron chi connectivity index (χ4n) is 3.79. The van der Waals surface area contributed by atoms with Gasteiger partial charge in [0.25, 0.3) is 5.91 Å². The molecule has 0 radical (unpaired) electrons. The maximum absolute atomic E-state index is 13.1. The van der Waals surface area contributed by atoms with Crippen molar-refractivity contribution >= 4 is 44.8 Å². The van der Waals surface area contributed by atoms with Gasteiger partial charge in [-0.15, -0.1) is 0 Å². The predicted molar refractivity (Wildman–Crippen MR) is 130 cm³/mol. The molecule has 3 aromatic rings. The Bertz CT molecular complexity index is 1280. The number of para-hydroxylation sites is 1. The molecule has 2 N–H and O–H groups in total. The molecule has 0 spiro atoms. The lowest BCUT2D eigenvalue weighted by molar-refractivity contribution is -0.120. The summed E-state index contributed by atoms with van der Waals surface area (Å²) in [5.41, 5.74) is 1.24. The van der Waals surface area contributed by atoms with Gasteiger partial charge in [-0.05, 0) is 61.4 Å². The van der Waals surface area contributed by atoms with Crippen LogP contribution in [0.4, 0.5) is 11.4 Å². The Morgan fingerprint density at radius 3 is 2.41 bits per heavy atom. The zero-order valence-electron chi connectivity index (χ0n) is 18.1. The van der Waals surface area contributed by atoms with E-state index < -0.39 is 15.9 Å². The van der Waals surface area contributed by atoms with Crippen LogP contribution >= 0.6 is 11.6 Å². The van der Waals surface area contributed by atoms with Gasteiger partial charge >= 0.3 is 0 Å². The van der Waals surface area contributed by atoms with Crippen molar-refractivity contribution in [2.45, 2.75) is 17.7 Å². The number of nitrogens with one attached hydrogen (secondary N) is 2. The van der Waals surface area contributed by atoms with Gasteiger partial charge in [-0.3, -0.25) is 14.6 Å². The van der Waals surface area contributed by atoms with Gasteiger partial charge in [0.05, 0.1) is 22.1 Å². The van der Waals surface area contributed by atoms with Gasteiger partial charge in [0.1, 0.15) is 0 Å².